The van der Waals surface area contributed by atoms with Crippen LogP contribution in [0.4, 0.5) is 0 Å². The molecule has 2 heterocycles. The Hall–Kier alpha value is -5.12. The molecule has 0 aliphatic rings. The third-order valence-corrected chi connectivity index (χ3v) is 8.88. The number of thiophene rings is 1. The Morgan fingerprint density at radius 3 is 1.76 bits per heavy atom. The van der Waals surface area contributed by atoms with Crippen LogP contribution in [0.1, 0.15) is 0 Å². The van der Waals surface area contributed by atoms with Crippen LogP contribution in [0.3, 0.4) is 0 Å². The molecule has 0 unspecified atom stereocenters. The topological polar surface area (TPSA) is 25.8 Å². The molecule has 8 rings (SSSR count). The normalized spacial score (nSPS) is 11.4. The zero-order valence-electron chi connectivity index (χ0n) is 22.2. The summed E-state index contributed by atoms with van der Waals surface area (Å²) in [5, 5.41) is 3.65. The number of benzene rings is 6. The van der Waals surface area contributed by atoms with E-state index in [1.54, 1.807) is 0 Å². The fourth-order valence-corrected chi connectivity index (χ4v) is 6.93. The molecule has 192 valence electrons. The van der Waals surface area contributed by atoms with Gasteiger partial charge in [-0.15, -0.1) is 11.3 Å². The van der Waals surface area contributed by atoms with Gasteiger partial charge in [-0.3, -0.25) is 0 Å². The number of rotatable bonds is 4. The molecule has 0 atom stereocenters. The van der Waals surface area contributed by atoms with Crippen LogP contribution in [0, 0.1) is 0 Å². The highest BCUT2D eigenvalue weighted by Crippen LogP contribution is 2.42. The molecule has 0 bridgehead atoms. The molecule has 8 aromatic rings. The molecule has 6 aromatic carbocycles. The number of nitrogens with zero attached hydrogens (tertiary/aromatic N) is 2. The highest BCUT2D eigenvalue weighted by molar-refractivity contribution is 7.26. The maximum absolute atomic E-state index is 5.26. The maximum atomic E-state index is 5.26. The Balaban J connectivity index is 1.32. The third-order valence-electron chi connectivity index (χ3n) is 7.68. The minimum absolute atomic E-state index is 0.734. The molecular weight excluding hydrogens is 516 g/mol. The van der Waals surface area contributed by atoms with Crippen molar-refractivity contribution in [3.63, 3.8) is 0 Å². The number of fused-ring (bicyclic) bond motifs is 5. The van der Waals surface area contributed by atoms with Gasteiger partial charge in [0.15, 0.2) is 5.82 Å². The van der Waals surface area contributed by atoms with Gasteiger partial charge >= 0.3 is 0 Å². The largest absolute Gasteiger partial charge is 0.228 e. The molecule has 2 aromatic heterocycles. The molecular formula is C38H24N2S. The SMILES string of the molecule is c1ccc(-c2cccc(-c3cccc(-c4nc(-c5ccccc5)c5c(ccc6c7ccccc7sc65)n4)c3)c2)cc1. The van der Waals surface area contributed by atoms with E-state index >= 15 is 0 Å². The second-order valence-electron chi connectivity index (χ2n) is 10.2. The molecule has 0 saturated carbocycles. The van der Waals surface area contributed by atoms with Crippen molar-refractivity contribution in [2.45, 2.75) is 0 Å². The molecule has 0 N–H and O–H groups in total. The van der Waals surface area contributed by atoms with Gasteiger partial charge in [0.2, 0.25) is 0 Å². The lowest BCUT2D eigenvalue weighted by Crippen LogP contribution is -1.95. The Morgan fingerprint density at radius 1 is 0.415 bits per heavy atom. The average Bonchev–Trinajstić information content (AvgIpc) is 3.44. The lowest BCUT2D eigenvalue weighted by molar-refractivity contribution is 1.23. The first-order chi connectivity index (χ1) is 20.3. The molecule has 41 heavy (non-hydrogen) atoms. The van der Waals surface area contributed by atoms with Crippen molar-refractivity contribution in [1.82, 2.24) is 9.97 Å². The van der Waals surface area contributed by atoms with Gasteiger partial charge in [-0.05, 0) is 46.5 Å². The fraction of sp³-hybridized carbons (Fsp3) is 0. The van der Waals surface area contributed by atoms with Crippen molar-refractivity contribution >= 4 is 42.4 Å². The molecule has 0 aliphatic carbocycles. The molecule has 0 fully saturated rings. The monoisotopic (exact) mass is 540 g/mol. The van der Waals surface area contributed by atoms with Crippen molar-refractivity contribution in [3.8, 4) is 44.9 Å². The van der Waals surface area contributed by atoms with Crippen LogP contribution >= 0.6 is 11.3 Å². The van der Waals surface area contributed by atoms with Crippen LogP contribution in [0.15, 0.2) is 146 Å². The van der Waals surface area contributed by atoms with E-state index in [9.17, 15) is 0 Å². The third kappa shape index (κ3) is 4.19. The highest BCUT2D eigenvalue weighted by atomic mass is 32.1. The van der Waals surface area contributed by atoms with Gasteiger partial charge in [0.05, 0.1) is 11.2 Å². The Morgan fingerprint density at radius 2 is 1.00 bits per heavy atom. The summed E-state index contributed by atoms with van der Waals surface area (Å²) in [5.74, 6) is 0.734. The second-order valence-corrected chi connectivity index (χ2v) is 11.3. The Labute approximate surface area is 242 Å². The van der Waals surface area contributed by atoms with E-state index in [4.69, 9.17) is 9.97 Å². The van der Waals surface area contributed by atoms with E-state index < -0.39 is 0 Å². The summed E-state index contributed by atoms with van der Waals surface area (Å²) >= 11 is 1.82. The van der Waals surface area contributed by atoms with Crippen LogP contribution in [-0.4, -0.2) is 9.97 Å². The minimum Gasteiger partial charge on any atom is -0.228 e. The predicted molar refractivity (Wildman–Crippen MR) is 174 cm³/mol. The minimum atomic E-state index is 0.734. The van der Waals surface area contributed by atoms with Crippen LogP contribution in [0.25, 0.3) is 76.0 Å². The van der Waals surface area contributed by atoms with Crippen molar-refractivity contribution in [2.75, 3.05) is 0 Å². The van der Waals surface area contributed by atoms with E-state index in [1.807, 2.05) is 11.3 Å². The summed E-state index contributed by atoms with van der Waals surface area (Å²) in [4.78, 5) is 10.4. The van der Waals surface area contributed by atoms with E-state index in [1.165, 1.54) is 36.9 Å². The maximum Gasteiger partial charge on any atom is 0.160 e. The van der Waals surface area contributed by atoms with Gasteiger partial charge < -0.3 is 0 Å². The van der Waals surface area contributed by atoms with Crippen molar-refractivity contribution in [2.24, 2.45) is 0 Å². The molecule has 0 amide bonds. The Bertz CT molecular complexity index is 2200. The van der Waals surface area contributed by atoms with Crippen LogP contribution in [0.5, 0.6) is 0 Å². The summed E-state index contributed by atoms with van der Waals surface area (Å²) in [6, 6.07) is 51.3. The average molecular weight is 541 g/mol. The molecule has 3 heteroatoms. The molecule has 0 radical (unpaired) electrons. The predicted octanol–water partition coefficient (Wildman–Crippen LogP) is 10.7. The summed E-state index contributed by atoms with van der Waals surface area (Å²) in [6.07, 6.45) is 0. The van der Waals surface area contributed by atoms with Crippen molar-refractivity contribution < 1.29 is 0 Å². The van der Waals surface area contributed by atoms with Crippen LogP contribution in [0.2, 0.25) is 0 Å². The Kier molecular flexibility index (Phi) is 5.68. The van der Waals surface area contributed by atoms with E-state index in [0.717, 1.165) is 39.1 Å². The first-order valence-corrected chi connectivity index (χ1v) is 14.6. The van der Waals surface area contributed by atoms with Crippen LogP contribution in [-0.2, 0) is 0 Å². The second kappa shape index (κ2) is 9.81. The first-order valence-electron chi connectivity index (χ1n) is 13.8. The number of hydrogen-bond acceptors (Lipinski definition) is 3. The molecule has 0 spiro atoms. The van der Waals surface area contributed by atoms with Crippen molar-refractivity contribution in [1.29, 1.82) is 0 Å². The molecule has 0 aliphatic heterocycles. The fourth-order valence-electron chi connectivity index (χ4n) is 5.68. The smallest absolute Gasteiger partial charge is 0.160 e. The van der Waals surface area contributed by atoms with Gasteiger partial charge in [-0.25, -0.2) is 9.97 Å². The summed E-state index contributed by atoms with van der Waals surface area (Å²) in [6.45, 7) is 0. The lowest BCUT2D eigenvalue weighted by atomic mass is 9.97. The van der Waals surface area contributed by atoms with Gasteiger partial charge in [-0.2, -0.15) is 0 Å². The summed E-state index contributed by atoms with van der Waals surface area (Å²) < 4.78 is 2.52. The number of aromatic nitrogens is 2. The van der Waals surface area contributed by atoms with Crippen molar-refractivity contribution in [3.05, 3.63) is 146 Å². The van der Waals surface area contributed by atoms with Gasteiger partial charge in [0.1, 0.15) is 0 Å². The summed E-state index contributed by atoms with van der Waals surface area (Å²) in [7, 11) is 0. The van der Waals surface area contributed by atoms with E-state index in [-0.39, 0.29) is 0 Å². The first kappa shape index (κ1) is 23.7. The highest BCUT2D eigenvalue weighted by Gasteiger charge is 2.17. The van der Waals surface area contributed by atoms with Gasteiger partial charge in [0, 0.05) is 36.7 Å². The zero-order valence-corrected chi connectivity index (χ0v) is 23.0. The molecule has 2 nitrogen and oxygen atoms in total. The van der Waals surface area contributed by atoms with Crippen LogP contribution < -0.4 is 0 Å². The zero-order chi connectivity index (χ0) is 27.2. The molecule has 0 saturated heterocycles. The van der Waals surface area contributed by atoms with E-state index in [0.29, 0.717) is 0 Å². The van der Waals surface area contributed by atoms with Gasteiger partial charge in [0.25, 0.3) is 0 Å². The quantitative estimate of drug-likeness (QED) is 0.222. The lowest BCUT2D eigenvalue weighted by Gasteiger charge is -2.12. The van der Waals surface area contributed by atoms with E-state index in [2.05, 4.69) is 146 Å². The standard InChI is InChI=1S/C38H24N2S/c1-3-11-25(12-4-1)27-15-9-16-28(23-27)29-17-10-18-30(24-29)38-39-33-22-21-32-31-19-7-8-20-34(31)41-37(32)35(33)36(40-38)26-13-5-2-6-14-26/h1-24H. The number of hydrogen-bond donors (Lipinski definition) is 0. The van der Waals surface area contributed by atoms with Gasteiger partial charge in [-0.1, -0.05) is 121 Å². The summed E-state index contributed by atoms with van der Waals surface area (Å²) in [5.41, 5.74) is 8.76.